The summed E-state index contributed by atoms with van der Waals surface area (Å²) >= 11 is 0. The lowest BCUT2D eigenvalue weighted by Gasteiger charge is -2.09. The van der Waals surface area contributed by atoms with Crippen LogP contribution in [-0.4, -0.2) is 15.0 Å². The third-order valence-corrected chi connectivity index (χ3v) is 2.61. The highest BCUT2D eigenvalue weighted by molar-refractivity contribution is 5.54. The van der Waals surface area contributed by atoms with Crippen LogP contribution in [0, 0.1) is 20.2 Å². The first-order valence-corrected chi connectivity index (χ1v) is 5.58. The van der Waals surface area contributed by atoms with E-state index in [-0.39, 0.29) is 0 Å². The van der Waals surface area contributed by atoms with Crippen LogP contribution >= 0.6 is 0 Å². The summed E-state index contributed by atoms with van der Waals surface area (Å²) in [6.45, 7) is 1.96. The van der Waals surface area contributed by atoms with Gasteiger partial charge in [0, 0.05) is 12.1 Å². The molecule has 0 aliphatic rings. The predicted molar refractivity (Wildman–Crippen MR) is 64.2 cm³/mol. The number of nitrogens with zero attached hydrogens (tertiary/aromatic N) is 2. The van der Waals surface area contributed by atoms with Gasteiger partial charge >= 0.3 is 11.4 Å². The molecule has 0 spiro atoms. The van der Waals surface area contributed by atoms with Crippen LogP contribution in [0.1, 0.15) is 37.9 Å². The fourth-order valence-corrected chi connectivity index (χ4v) is 1.61. The first-order valence-electron chi connectivity index (χ1n) is 5.58. The van der Waals surface area contributed by atoms with Crippen LogP contribution in [0.4, 0.5) is 11.4 Å². The van der Waals surface area contributed by atoms with E-state index in [0.29, 0.717) is 12.0 Å². The first kappa shape index (κ1) is 14.0. The van der Waals surface area contributed by atoms with Crippen LogP contribution < -0.4 is 0 Å². The van der Waals surface area contributed by atoms with Crippen molar-refractivity contribution in [3.05, 3.63) is 44.0 Å². The fraction of sp³-hybridized carbons (Fsp3) is 0.455. The smallest absolute Gasteiger partial charge is 0.346 e. The number of aliphatic hydroxyl groups excluding tert-OH is 1. The Hall–Kier alpha value is -2.02. The SMILES string of the molecule is CCCCC(O)c1ccc([N+](=O)[O-])c([N+](=O)[O-])c1. The first-order chi connectivity index (χ1) is 8.47. The molecule has 0 saturated carbocycles. The zero-order valence-electron chi connectivity index (χ0n) is 9.91. The maximum atomic E-state index is 10.7. The van der Waals surface area contributed by atoms with E-state index in [1.54, 1.807) is 0 Å². The topological polar surface area (TPSA) is 107 Å². The van der Waals surface area contributed by atoms with Gasteiger partial charge in [-0.05, 0) is 18.1 Å². The summed E-state index contributed by atoms with van der Waals surface area (Å²) in [7, 11) is 0. The molecule has 0 radical (unpaired) electrons. The monoisotopic (exact) mass is 254 g/mol. The van der Waals surface area contributed by atoms with E-state index in [2.05, 4.69) is 0 Å². The number of hydrogen-bond donors (Lipinski definition) is 1. The average Bonchev–Trinajstić information content (AvgIpc) is 2.34. The highest BCUT2D eigenvalue weighted by Gasteiger charge is 2.25. The van der Waals surface area contributed by atoms with Gasteiger partial charge in [0.05, 0.1) is 16.0 Å². The fourth-order valence-electron chi connectivity index (χ4n) is 1.61. The van der Waals surface area contributed by atoms with Gasteiger partial charge in [-0.25, -0.2) is 0 Å². The molecule has 1 N–H and O–H groups in total. The minimum Gasteiger partial charge on any atom is -0.388 e. The lowest BCUT2D eigenvalue weighted by molar-refractivity contribution is -0.422. The molecule has 0 fully saturated rings. The molecular weight excluding hydrogens is 240 g/mol. The molecule has 0 aromatic heterocycles. The standard InChI is InChI=1S/C11H14N2O5/c1-2-3-4-11(14)8-5-6-9(12(15)16)10(7-8)13(17)18/h5-7,11,14H,2-4H2,1H3. The molecule has 0 amide bonds. The van der Waals surface area contributed by atoms with Crippen molar-refractivity contribution in [2.75, 3.05) is 0 Å². The third-order valence-electron chi connectivity index (χ3n) is 2.61. The van der Waals surface area contributed by atoms with E-state index >= 15 is 0 Å². The largest absolute Gasteiger partial charge is 0.388 e. The van der Waals surface area contributed by atoms with Crippen LogP contribution in [0.15, 0.2) is 18.2 Å². The molecule has 0 aliphatic heterocycles. The quantitative estimate of drug-likeness (QED) is 0.620. The Balaban J connectivity index is 3.07. The maximum Gasteiger partial charge on any atom is 0.346 e. The predicted octanol–water partition coefficient (Wildman–Crippen LogP) is 2.73. The van der Waals surface area contributed by atoms with Gasteiger partial charge in [0.2, 0.25) is 0 Å². The summed E-state index contributed by atoms with van der Waals surface area (Å²) in [6, 6.07) is 3.48. The Morgan fingerprint density at radius 2 is 1.83 bits per heavy atom. The molecule has 0 bridgehead atoms. The lowest BCUT2D eigenvalue weighted by atomic mass is 10.0. The highest BCUT2D eigenvalue weighted by Crippen LogP contribution is 2.31. The van der Waals surface area contributed by atoms with Gasteiger partial charge in [0.1, 0.15) is 0 Å². The Bertz CT molecular complexity index is 461. The molecular formula is C11H14N2O5. The number of aliphatic hydroxyl groups is 1. The van der Waals surface area contributed by atoms with E-state index in [9.17, 15) is 25.3 Å². The average molecular weight is 254 g/mol. The second-order valence-electron chi connectivity index (χ2n) is 3.92. The van der Waals surface area contributed by atoms with Gasteiger partial charge in [-0.3, -0.25) is 20.2 Å². The Morgan fingerprint density at radius 3 is 2.33 bits per heavy atom. The number of rotatable bonds is 6. The van der Waals surface area contributed by atoms with Gasteiger partial charge in [0.25, 0.3) is 0 Å². The summed E-state index contributed by atoms with van der Waals surface area (Å²) in [4.78, 5) is 19.7. The van der Waals surface area contributed by atoms with Crippen LogP contribution in [0.25, 0.3) is 0 Å². The molecule has 7 heteroatoms. The minimum absolute atomic E-state index is 0.334. The number of hydrogen-bond acceptors (Lipinski definition) is 5. The summed E-state index contributed by atoms with van der Waals surface area (Å²) in [5, 5.41) is 31.1. The molecule has 7 nitrogen and oxygen atoms in total. The normalized spacial score (nSPS) is 12.1. The maximum absolute atomic E-state index is 10.7. The number of unbranched alkanes of at least 4 members (excludes halogenated alkanes) is 1. The Labute approximate surface area is 103 Å². The van der Waals surface area contributed by atoms with Gasteiger partial charge in [-0.1, -0.05) is 19.8 Å². The molecule has 1 unspecified atom stereocenters. The molecule has 1 rings (SSSR count). The summed E-state index contributed by atoms with van der Waals surface area (Å²) in [6.07, 6.45) is 1.33. The lowest BCUT2D eigenvalue weighted by Crippen LogP contribution is -2.01. The summed E-state index contributed by atoms with van der Waals surface area (Å²) in [5.41, 5.74) is -0.819. The molecule has 1 atom stereocenters. The van der Waals surface area contributed by atoms with Crippen LogP contribution in [-0.2, 0) is 0 Å². The van der Waals surface area contributed by atoms with Crippen molar-refractivity contribution in [2.24, 2.45) is 0 Å². The second kappa shape index (κ2) is 6.06. The van der Waals surface area contributed by atoms with E-state index < -0.39 is 27.3 Å². The van der Waals surface area contributed by atoms with E-state index in [1.165, 1.54) is 6.07 Å². The van der Waals surface area contributed by atoms with E-state index in [1.807, 2.05) is 6.92 Å². The van der Waals surface area contributed by atoms with Crippen molar-refractivity contribution in [3.8, 4) is 0 Å². The zero-order chi connectivity index (χ0) is 13.7. The Kier molecular flexibility index (Phi) is 4.73. The molecule has 1 aromatic rings. The summed E-state index contributed by atoms with van der Waals surface area (Å²) < 4.78 is 0. The highest BCUT2D eigenvalue weighted by atomic mass is 16.6. The van der Waals surface area contributed by atoms with Crippen LogP contribution in [0.3, 0.4) is 0 Å². The number of nitro groups is 2. The van der Waals surface area contributed by atoms with E-state index in [4.69, 9.17) is 0 Å². The van der Waals surface area contributed by atoms with Crippen molar-refractivity contribution in [2.45, 2.75) is 32.3 Å². The molecule has 0 saturated heterocycles. The summed E-state index contributed by atoms with van der Waals surface area (Å²) in [5.74, 6) is 0. The third kappa shape index (κ3) is 3.24. The Morgan fingerprint density at radius 1 is 1.22 bits per heavy atom. The van der Waals surface area contributed by atoms with Crippen molar-refractivity contribution in [1.29, 1.82) is 0 Å². The molecule has 1 aromatic carbocycles. The van der Waals surface area contributed by atoms with Crippen molar-refractivity contribution in [1.82, 2.24) is 0 Å². The minimum atomic E-state index is -0.829. The van der Waals surface area contributed by atoms with Crippen LogP contribution in [0.2, 0.25) is 0 Å². The van der Waals surface area contributed by atoms with Gasteiger partial charge in [-0.2, -0.15) is 0 Å². The molecule has 98 valence electrons. The van der Waals surface area contributed by atoms with Crippen molar-refractivity contribution in [3.63, 3.8) is 0 Å². The van der Waals surface area contributed by atoms with Gasteiger partial charge in [-0.15, -0.1) is 0 Å². The zero-order valence-corrected chi connectivity index (χ0v) is 9.91. The van der Waals surface area contributed by atoms with Gasteiger partial charge < -0.3 is 5.11 Å². The molecule has 0 aliphatic carbocycles. The second-order valence-corrected chi connectivity index (χ2v) is 3.92. The van der Waals surface area contributed by atoms with Gasteiger partial charge in [0.15, 0.2) is 0 Å². The van der Waals surface area contributed by atoms with Crippen molar-refractivity contribution < 1.29 is 15.0 Å². The molecule has 18 heavy (non-hydrogen) atoms. The number of benzene rings is 1. The number of nitro benzene ring substituents is 2. The van der Waals surface area contributed by atoms with E-state index in [0.717, 1.165) is 25.0 Å². The van der Waals surface area contributed by atoms with Crippen LogP contribution in [0.5, 0.6) is 0 Å². The van der Waals surface area contributed by atoms with Crippen molar-refractivity contribution >= 4 is 11.4 Å². The molecule has 0 heterocycles.